The average Bonchev–Trinajstić information content (AvgIpc) is 3.25. The number of carbonyl (C=O) groups excluding carboxylic acids is 1. The van der Waals surface area contributed by atoms with Crippen molar-refractivity contribution in [3.63, 3.8) is 0 Å². The highest BCUT2D eigenvalue weighted by Crippen LogP contribution is 2.45. The summed E-state index contributed by atoms with van der Waals surface area (Å²) >= 11 is 0. The number of hydrogen-bond acceptors (Lipinski definition) is 4. The van der Waals surface area contributed by atoms with Crippen LogP contribution in [0.2, 0.25) is 0 Å². The van der Waals surface area contributed by atoms with Crippen LogP contribution in [0.15, 0.2) is 71.7 Å². The Labute approximate surface area is 168 Å². The van der Waals surface area contributed by atoms with Crippen LogP contribution in [0.4, 0.5) is 0 Å². The topological polar surface area (TPSA) is 75.4 Å². The number of hydrogen-bond donors (Lipinski definition) is 1. The van der Waals surface area contributed by atoms with Gasteiger partial charge in [0.2, 0.25) is 5.43 Å². The van der Waals surface area contributed by atoms with Crippen molar-refractivity contribution in [2.75, 3.05) is 6.54 Å². The number of benzene rings is 2. The smallest absolute Gasteiger partial charge is 0.276 e. The predicted octanol–water partition coefficient (Wildman–Crippen LogP) is 2.94. The van der Waals surface area contributed by atoms with Crippen LogP contribution in [0.25, 0.3) is 0 Å². The number of aromatic hydroxyl groups is 1. The van der Waals surface area contributed by atoms with Gasteiger partial charge in [0.05, 0.1) is 18.3 Å². The molecule has 0 aliphatic carbocycles. The minimum absolute atomic E-state index is 0.00230. The summed E-state index contributed by atoms with van der Waals surface area (Å²) in [7, 11) is 0. The van der Waals surface area contributed by atoms with E-state index in [0.717, 1.165) is 30.2 Å². The lowest BCUT2D eigenvalue weighted by molar-refractivity contribution is 0.0565. The lowest BCUT2D eigenvalue weighted by Gasteiger charge is -2.42. The maximum atomic E-state index is 13.1. The highest BCUT2D eigenvalue weighted by atomic mass is 16.3. The Bertz CT molecular complexity index is 1070. The normalized spacial score (nSPS) is 20.6. The molecule has 1 amide bonds. The van der Waals surface area contributed by atoms with Gasteiger partial charge in [-0.1, -0.05) is 60.7 Å². The summed E-state index contributed by atoms with van der Waals surface area (Å²) in [5.41, 5.74) is 1.58. The van der Waals surface area contributed by atoms with Crippen molar-refractivity contribution in [1.29, 1.82) is 0 Å². The van der Waals surface area contributed by atoms with Gasteiger partial charge in [-0.05, 0) is 24.0 Å². The SMILES string of the molecule is O=C1c2c(O)c(=O)cnn2[C@@H](C(c2ccccc2)c2ccccc2)[C@@H]2CCCN12. The van der Waals surface area contributed by atoms with E-state index in [1.807, 2.05) is 36.4 Å². The van der Waals surface area contributed by atoms with Gasteiger partial charge in [-0.15, -0.1) is 0 Å². The Kier molecular flexibility index (Phi) is 4.19. The van der Waals surface area contributed by atoms with Gasteiger partial charge < -0.3 is 10.0 Å². The van der Waals surface area contributed by atoms with Gasteiger partial charge >= 0.3 is 0 Å². The van der Waals surface area contributed by atoms with E-state index in [2.05, 4.69) is 29.4 Å². The van der Waals surface area contributed by atoms with Crippen LogP contribution in [0.3, 0.4) is 0 Å². The van der Waals surface area contributed by atoms with Crippen molar-refractivity contribution in [3.05, 3.63) is 93.9 Å². The van der Waals surface area contributed by atoms with Crippen molar-refractivity contribution in [2.24, 2.45) is 0 Å². The monoisotopic (exact) mass is 387 g/mol. The Morgan fingerprint density at radius 2 is 1.59 bits per heavy atom. The minimum Gasteiger partial charge on any atom is -0.502 e. The summed E-state index contributed by atoms with van der Waals surface area (Å²) in [6.07, 6.45) is 2.86. The molecule has 2 atom stereocenters. The Morgan fingerprint density at radius 3 is 2.21 bits per heavy atom. The molecule has 1 fully saturated rings. The van der Waals surface area contributed by atoms with E-state index < -0.39 is 11.2 Å². The first-order valence-electron chi connectivity index (χ1n) is 9.88. The molecule has 6 heteroatoms. The molecule has 2 aromatic carbocycles. The van der Waals surface area contributed by atoms with E-state index >= 15 is 0 Å². The number of amides is 1. The zero-order chi connectivity index (χ0) is 20.0. The van der Waals surface area contributed by atoms with Gasteiger partial charge in [-0.25, -0.2) is 0 Å². The highest BCUT2D eigenvalue weighted by Gasteiger charge is 2.47. The number of aromatic nitrogens is 2. The molecule has 29 heavy (non-hydrogen) atoms. The molecule has 0 bridgehead atoms. The molecule has 2 aliphatic rings. The fourth-order valence-electron chi connectivity index (χ4n) is 4.85. The van der Waals surface area contributed by atoms with Crippen LogP contribution < -0.4 is 5.43 Å². The van der Waals surface area contributed by atoms with Crippen molar-refractivity contribution in [1.82, 2.24) is 14.7 Å². The highest BCUT2D eigenvalue weighted by molar-refractivity contribution is 5.96. The Hall–Kier alpha value is -3.41. The van der Waals surface area contributed by atoms with Crippen LogP contribution in [0, 0.1) is 0 Å². The molecular weight excluding hydrogens is 366 g/mol. The summed E-state index contributed by atoms with van der Waals surface area (Å²) in [6.45, 7) is 0.624. The number of nitrogens with zero attached hydrogens (tertiary/aromatic N) is 3. The van der Waals surface area contributed by atoms with Gasteiger partial charge in [-0.2, -0.15) is 5.10 Å². The average molecular weight is 387 g/mol. The molecular formula is C23H21N3O3. The first kappa shape index (κ1) is 17.7. The van der Waals surface area contributed by atoms with E-state index in [0.29, 0.717) is 6.54 Å². The summed E-state index contributed by atoms with van der Waals surface area (Å²) in [6, 6.07) is 20.0. The summed E-state index contributed by atoms with van der Waals surface area (Å²) < 4.78 is 1.59. The van der Waals surface area contributed by atoms with Crippen LogP contribution in [0.1, 0.15) is 46.4 Å². The molecule has 0 unspecified atom stereocenters. The fourth-order valence-corrected chi connectivity index (χ4v) is 4.85. The predicted molar refractivity (Wildman–Crippen MR) is 108 cm³/mol. The lowest BCUT2D eigenvalue weighted by atomic mass is 9.80. The number of rotatable bonds is 3. The van der Waals surface area contributed by atoms with Crippen molar-refractivity contribution < 1.29 is 9.90 Å². The molecule has 3 aromatic rings. The summed E-state index contributed by atoms with van der Waals surface area (Å²) in [5.74, 6) is -0.907. The van der Waals surface area contributed by atoms with Crippen molar-refractivity contribution in [3.8, 4) is 5.75 Å². The molecule has 146 valence electrons. The van der Waals surface area contributed by atoms with Crippen molar-refractivity contribution in [2.45, 2.75) is 30.8 Å². The second-order valence-corrected chi connectivity index (χ2v) is 7.65. The maximum Gasteiger partial charge on any atom is 0.276 e. The van der Waals surface area contributed by atoms with Gasteiger partial charge in [0, 0.05) is 12.5 Å². The van der Waals surface area contributed by atoms with Crippen LogP contribution in [-0.2, 0) is 0 Å². The minimum atomic E-state index is -0.628. The maximum absolute atomic E-state index is 13.1. The lowest BCUT2D eigenvalue weighted by Crippen LogP contribution is -2.50. The summed E-state index contributed by atoms with van der Waals surface area (Å²) in [5, 5.41) is 14.8. The number of fused-ring (bicyclic) bond motifs is 2. The van der Waals surface area contributed by atoms with Crippen LogP contribution in [0.5, 0.6) is 5.75 Å². The number of carbonyl (C=O) groups is 1. The first-order valence-corrected chi connectivity index (χ1v) is 9.88. The van der Waals surface area contributed by atoms with Gasteiger partial charge in [0.1, 0.15) is 0 Å². The molecule has 3 heterocycles. The molecule has 1 saturated heterocycles. The van der Waals surface area contributed by atoms with E-state index in [1.165, 1.54) is 0 Å². The Balaban J connectivity index is 1.78. The second-order valence-electron chi connectivity index (χ2n) is 7.65. The molecule has 2 aliphatic heterocycles. The second kappa shape index (κ2) is 6.88. The zero-order valence-electron chi connectivity index (χ0n) is 15.8. The van der Waals surface area contributed by atoms with E-state index in [-0.39, 0.29) is 29.6 Å². The molecule has 0 spiro atoms. The standard InChI is InChI=1S/C23H21N3O3/c27-18-14-24-26-20(17-12-7-13-25(17)23(29)21(26)22(18)28)19(15-8-3-1-4-9-15)16-10-5-2-6-11-16/h1-6,8-11,14,17,19-20,28H,7,12-13H2/t17-,20+/m0/s1. The van der Waals surface area contributed by atoms with Crippen LogP contribution in [-0.4, -0.2) is 38.3 Å². The zero-order valence-corrected chi connectivity index (χ0v) is 15.8. The van der Waals surface area contributed by atoms with Gasteiger partial charge in [0.15, 0.2) is 11.4 Å². The third-order valence-corrected chi connectivity index (χ3v) is 6.08. The molecule has 5 rings (SSSR count). The van der Waals surface area contributed by atoms with E-state index in [9.17, 15) is 14.7 Å². The largest absolute Gasteiger partial charge is 0.502 e. The summed E-state index contributed by atoms with van der Waals surface area (Å²) in [4.78, 5) is 26.9. The fraction of sp³-hybridized carbons (Fsp3) is 0.261. The molecule has 0 saturated carbocycles. The molecule has 6 nitrogen and oxygen atoms in total. The first-order chi connectivity index (χ1) is 14.2. The van der Waals surface area contributed by atoms with Crippen molar-refractivity contribution >= 4 is 5.91 Å². The third kappa shape index (κ3) is 2.75. The van der Waals surface area contributed by atoms with Gasteiger partial charge in [0.25, 0.3) is 5.91 Å². The molecule has 0 radical (unpaired) electrons. The van der Waals surface area contributed by atoms with Crippen LogP contribution >= 0.6 is 0 Å². The van der Waals surface area contributed by atoms with E-state index in [1.54, 1.807) is 9.58 Å². The molecule has 1 aromatic heterocycles. The van der Waals surface area contributed by atoms with E-state index in [4.69, 9.17) is 0 Å². The third-order valence-electron chi connectivity index (χ3n) is 6.08. The molecule has 1 N–H and O–H groups in total. The van der Waals surface area contributed by atoms with Gasteiger partial charge in [-0.3, -0.25) is 14.3 Å². The Morgan fingerprint density at radius 1 is 0.966 bits per heavy atom. The quantitative estimate of drug-likeness (QED) is 0.750.